The predicted molar refractivity (Wildman–Crippen MR) is 69.9 cm³/mol. The number of fused-ring (bicyclic) bond motifs is 1. The summed E-state index contributed by atoms with van der Waals surface area (Å²) < 4.78 is 0. The summed E-state index contributed by atoms with van der Waals surface area (Å²) in [5.74, 6) is 0.653. The Kier molecular flexibility index (Phi) is 3.34. The first-order valence-corrected chi connectivity index (χ1v) is 6.45. The number of aryl methyl sites for hydroxylation is 1. The molecule has 1 aliphatic heterocycles. The van der Waals surface area contributed by atoms with Gasteiger partial charge in [-0.1, -0.05) is 32.9 Å². The molecule has 0 fully saturated rings. The van der Waals surface area contributed by atoms with E-state index in [1.54, 1.807) is 22.3 Å². The van der Waals surface area contributed by atoms with Crippen LogP contribution in [0.1, 0.15) is 48.9 Å². The molecule has 1 aromatic rings. The molecule has 16 heavy (non-hydrogen) atoms. The Bertz CT molecular complexity index is 379. The van der Waals surface area contributed by atoms with Crippen LogP contribution in [-0.4, -0.2) is 18.5 Å². The van der Waals surface area contributed by atoms with Crippen molar-refractivity contribution < 1.29 is 0 Å². The Morgan fingerprint density at radius 1 is 1.25 bits per heavy atom. The highest BCUT2D eigenvalue weighted by molar-refractivity contribution is 5.41. The van der Waals surface area contributed by atoms with E-state index in [9.17, 15) is 0 Å². The molecule has 0 bridgehead atoms. The molecule has 1 heterocycles. The third kappa shape index (κ3) is 2.15. The molecule has 0 spiro atoms. The molecule has 1 heteroatoms. The first-order chi connectivity index (χ1) is 7.61. The average molecular weight is 217 g/mol. The van der Waals surface area contributed by atoms with Gasteiger partial charge in [-0.2, -0.15) is 0 Å². The number of likely N-dealkylation sites (N-methyl/N-ethyl adjacent to an activating group) is 1. The predicted octanol–water partition coefficient (Wildman–Crippen LogP) is 3.36. The second kappa shape index (κ2) is 4.58. The lowest BCUT2D eigenvalue weighted by Gasteiger charge is -2.27. The van der Waals surface area contributed by atoms with Gasteiger partial charge in [0, 0.05) is 13.1 Å². The van der Waals surface area contributed by atoms with E-state index in [0.29, 0.717) is 5.92 Å². The van der Waals surface area contributed by atoms with Crippen molar-refractivity contribution >= 4 is 0 Å². The minimum atomic E-state index is 0.653. The highest BCUT2D eigenvalue weighted by Gasteiger charge is 2.16. The van der Waals surface area contributed by atoms with E-state index in [-0.39, 0.29) is 0 Å². The van der Waals surface area contributed by atoms with Crippen molar-refractivity contribution in [1.29, 1.82) is 0 Å². The molecule has 2 rings (SSSR count). The van der Waals surface area contributed by atoms with Crippen LogP contribution in [-0.2, 0) is 19.4 Å². The number of rotatable bonds is 2. The fourth-order valence-corrected chi connectivity index (χ4v) is 2.66. The van der Waals surface area contributed by atoms with Crippen molar-refractivity contribution in [2.75, 3.05) is 13.6 Å². The third-order valence-corrected chi connectivity index (χ3v) is 3.67. The Morgan fingerprint density at radius 2 is 2.00 bits per heavy atom. The summed E-state index contributed by atoms with van der Waals surface area (Å²) in [6.07, 6.45) is 2.38. The van der Waals surface area contributed by atoms with Crippen LogP contribution in [0.3, 0.4) is 0 Å². The molecular formula is C15H23N. The molecule has 0 saturated carbocycles. The molecule has 1 nitrogen and oxygen atoms in total. The Hall–Kier alpha value is -0.820. The van der Waals surface area contributed by atoms with Crippen LogP contribution in [0.15, 0.2) is 12.1 Å². The van der Waals surface area contributed by atoms with Crippen molar-refractivity contribution in [3.63, 3.8) is 0 Å². The maximum Gasteiger partial charge on any atom is 0.0233 e. The van der Waals surface area contributed by atoms with E-state index in [1.165, 1.54) is 13.0 Å². The SMILES string of the molecule is CCc1cc2c(cc1C(C)C)CCN(C)C2. The van der Waals surface area contributed by atoms with Gasteiger partial charge >= 0.3 is 0 Å². The van der Waals surface area contributed by atoms with E-state index < -0.39 is 0 Å². The minimum absolute atomic E-state index is 0.653. The Labute approximate surface area is 99.5 Å². The topological polar surface area (TPSA) is 3.24 Å². The van der Waals surface area contributed by atoms with Gasteiger partial charge in [0.25, 0.3) is 0 Å². The summed E-state index contributed by atoms with van der Waals surface area (Å²) in [7, 11) is 2.21. The van der Waals surface area contributed by atoms with Crippen molar-refractivity contribution in [3.05, 3.63) is 34.4 Å². The lowest BCUT2D eigenvalue weighted by molar-refractivity contribution is 0.312. The maximum absolute atomic E-state index is 2.46. The molecule has 1 aliphatic rings. The lowest BCUT2D eigenvalue weighted by atomic mass is 9.88. The summed E-state index contributed by atoms with van der Waals surface area (Å²) >= 11 is 0. The quantitative estimate of drug-likeness (QED) is 0.734. The van der Waals surface area contributed by atoms with Gasteiger partial charge in [-0.05, 0) is 48.1 Å². The van der Waals surface area contributed by atoms with Crippen LogP contribution in [0.5, 0.6) is 0 Å². The molecule has 0 atom stereocenters. The zero-order valence-corrected chi connectivity index (χ0v) is 11.0. The summed E-state index contributed by atoms with van der Waals surface area (Å²) in [6.45, 7) is 9.20. The highest BCUT2D eigenvalue weighted by Crippen LogP contribution is 2.27. The van der Waals surface area contributed by atoms with Crippen molar-refractivity contribution in [2.24, 2.45) is 0 Å². The maximum atomic E-state index is 2.46. The fraction of sp³-hybridized carbons (Fsp3) is 0.600. The molecule has 0 aliphatic carbocycles. The molecule has 0 saturated heterocycles. The molecule has 1 aromatic carbocycles. The van der Waals surface area contributed by atoms with Gasteiger partial charge in [-0.3, -0.25) is 0 Å². The summed E-state index contributed by atoms with van der Waals surface area (Å²) in [5, 5.41) is 0. The van der Waals surface area contributed by atoms with Gasteiger partial charge in [-0.15, -0.1) is 0 Å². The molecule has 0 unspecified atom stereocenters. The third-order valence-electron chi connectivity index (χ3n) is 3.67. The second-order valence-corrected chi connectivity index (χ2v) is 5.32. The van der Waals surface area contributed by atoms with Crippen LogP contribution in [0, 0.1) is 0 Å². The van der Waals surface area contributed by atoms with E-state index in [2.05, 4.69) is 44.9 Å². The van der Waals surface area contributed by atoms with Gasteiger partial charge < -0.3 is 4.90 Å². The van der Waals surface area contributed by atoms with Gasteiger partial charge in [0.05, 0.1) is 0 Å². The van der Waals surface area contributed by atoms with E-state index in [1.807, 2.05) is 0 Å². The van der Waals surface area contributed by atoms with Crippen LogP contribution in [0.25, 0.3) is 0 Å². The highest BCUT2D eigenvalue weighted by atomic mass is 15.1. The molecule has 0 aromatic heterocycles. The lowest BCUT2D eigenvalue weighted by Crippen LogP contribution is -2.26. The molecule has 0 radical (unpaired) electrons. The minimum Gasteiger partial charge on any atom is -0.302 e. The molecule has 88 valence electrons. The Morgan fingerprint density at radius 3 is 2.62 bits per heavy atom. The monoisotopic (exact) mass is 217 g/mol. The van der Waals surface area contributed by atoms with Crippen LogP contribution in [0.4, 0.5) is 0 Å². The van der Waals surface area contributed by atoms with Crippen molar-refractivity contribution in [3.8, 4) is 0 Å². The normalized spacial score (nSPS) is 16.6. The van der Waals surface area contributed by atoms with Gasteiger partial charge in [-0.25, -0.2) is 0 Å². The van der Waals surface area contributed by atoms with Crippen LogP contribution < -0.4 is 0 Å². The number of hydrogen-bond acceptors (Lipinski definition) is 1. The number of benzene rings is 1. The average Bonchev–Trinajstić information content (AvgIpc) is 2.26. The first kappa shape index (κ1) is 11.7. The van der Waals surface area contributed by atoms with E-state index in [4.69, 9.17) is 0 Å². The largest absolute Gasteiger partial charge is 0.302 e. The van der Waals surface area contributed by atoms with E-state index in [0.717, 1.165) is 13.0 Å². The smallest absolute Gasteiger partial charge is 0.0233 e. The van der Waals surface area contributed by atoms with Gasteiger partial charge in [0.15, 0.2) is 0 Å². The van der Waals surface area contributed by atoms with Gasteiger partial charge in [0.1, 0.15) is 0 Å². The first-order valence-electron chi connectivity index (χ1n) is 6.45. The molecular weight excluding hydrogens is 194 g/mol. The number of nitrogens with zero attached hydrogens (tertiary/aromatic N) is 1. The molecule has 0 N–H and O–H groups in total. The zero-order chi connectivity index (χ0) is 11.7. The Balaban J connectivity index is 2.44. The zero-order valence-electron chi connectivity index (χ0n) is 11.0. The summed E-state index contributed by atoms with van der Waals surface area (Å²) in [6, 6.07) is 4.91. The summed E-state index contributed by atoms with van der Waals surface area (Å²) in [4.78, 5) is 2.41. The second-order valence-electron chi connectivity index (χ2n) is 5.32. The number of hydrogen-bond donors (Lipinski definition) is 0. The fourth-order valence-electron chi connectivity index (χ4n) is 2.66. The standard InChI is InChI=1S/C15H23N/c1-5-12-8-14-10-16(4)7-6-13(14)9-15(12)11(2)3/h8-9,11H,5-7,10H2,1-4H3. The molecule has 0 amide bonds. The van der Waals surface area contributed by atoms with Crippen molar-refractivity contribution in [1.82, 2.24) is 4.90 Å². The van der Waals surface area contributed by atoms with E-state index >= 15 is 0 Å². The summed E-state index contributed by atoms with van der Waals surface area (Å²) in [5.41, 5.74) is 6.24. The van der Waals surface area contributed by atoms with Crippen LogP contribution >= 0.6 is 0 Å². The van der Waals surface area contributed by atoms with Gasteiger partial charge in [0.2, 0.25) is 0 Å². The van der Waals surface area contributed by atoms with Crippen molar-refractivity contribution in [2.45, 2.75) is 46.1 Å². The van der Waals surface area contributed by atoms with Crippen LogP contribution in [0.2, 0.25) is 0 Å².